The molecule has 0 radical (unpaired) electrons. The monoisotopic (exact) mass is 197 g/mol. The van der Waals surface area contributed by atoms with E-state index in [-0.39, 0.29) is 5.78 Å². The SMILES string of the molecule is O=C(/C=C/c1ccc[nH]1)c1ccccc1. The number of benzene rings is 1. The van der Waals surface area contributed by atoms with Crippen molar-refractivity contribution < 1.29 is 4.79 Å². The number of aromatic nitrogens is 1. The molecule has 0 atom stereocenters. The molecule has 0 aliphatic carbocycles. The Labute approximate surface area is 88.3 Å². The van der Waals surface area contributed by atoms with Crippen LogP contribution in [0.25, 0.3) is 6.08 Å². The second kappa shape index (κ2) is 4.42. The quantitative estimate of drug-likeness (QED) is 0.595. The van der Waals surface area contributed by atoms with Crippen LogP contribution in [0.15, 0.2) is 54.7 Å². The fourth-order valence-corrected chi connectivity index (χ4v) is 1.31. The van der Waals surface area contributed by atoms with E-state index in [2.05, 4.69) is 4.98 Å². The predicted octanol–water partition coefficient (Wildman–Crippen LogP) is 2.91. The predicted molar refractivity (Wildman–Crippen MR) is 60.6 cm³/mol. The van der Waals surface area contributed by atoms with Crippen molar-refractivity contribution in [3.05, 3.63) is 66.0 Å². The van der Waals surface area contributed by atoms with Gasteiger partial charge in [-0.05, 0) is 24.3 Å². The molecule has 2 heteroatoms. The van der Waals surface area contributed by atoms with Gasteiger partial charge in [-0.1, -0.05) is 30.3 Å². The highest BCUT2D eigenvalue weighted by atomic mass is 16.1. The lowest BCUT2D eigenvalue weighted by atomic mass is 10.1. The molecular weight excluding hydrogens is 186 g/mol. The van der Waals surface area contributed by atoms with Crippen LogP contribution in [-0.2, 0) is 0 Å². The van der Waals surface area contributed by atoms with E-state index in [1.54, 1.807) is 24.3 Å². The molecule has 2 rings (SSSR count). The number of ketones is 1. The van der Waals surface area contributed by atoms with E-state index in [1.807, 2.05) is 36.5 Å². The Morgan fingerprint density at radius 1 is 1.07 bits per heavy atom. The Balaban J connectivity index is 2.11. The molecule has 0 amide bonds. The molecule has 0 aliphatic heterocycles. The lowest BCUT2D eigenvalue weighted by molar-refractivity contribution is 0.104. The number of carbonyl (C=O) groups excluding carboxylic acids is 1. The molecule has 1 aromatic carbocycles. The Bertz CT molecular complexity index is 455. The van der Waals surface area contributed by atoms with E-state index < -0.39 is 0 Å². The lowest BCUT2D eigenvalue weighted by Crippen LogP contribution is -1.92. The third-order valence-electron chi connectivity index (χ3n) is 2.09. The summed E-state index contributed by atoms with van der Waals surface area (Å²) in [5, 5.41) is 0. The van der Waals surface area contributed by atoms with E-state index in [1.165, 1.54) is 0 Å². The summed E-state index contributed by atoms with van der Waals surface area (Å²) in [4.78, 5) is 14.6. The van der Waals surface area contributed by atoms with E-state index in [0.29, 0.717) is 5.56 Å². The zero-order valence-electron chi connectivity index (χ0n) is 8.18. The van der Waals surface area contributed by atoms with Crippen LogP contribution >= 0.6 is 0 Å². The third-order valence-corrected chi connectivity index (χ3v) is 2.09. The van der Waals surface area contributed by atoms with Crippen molar-refractivity contribution in [1.82, 2.24) is 4.98 Å². The smallest absolute Gasteiger partial charge is 0.185 e. The summed E-state index contributed by atoms with van der Waals surface area (Å²) in [5.41, 5.74) is 1.64. The molecule has 74 valence electrons. The van der Waals surface area contributed by atoms with Gasteiger partial charge in [0.25, 0.3) is 0 Å². The van der Waals surface area contributed by atoms with Crippen molar-refractivity contribution in [2.45, 2.75) is 0 Å². The summed E-state index contributed by atoms with van der Waals surface area (Å²) in [6, 6.07) is 13.0. The molecule has 1 N–H and O–H groups in total. The number of nitrogens with one attached hydrogen (secondary N) is 1. The zero-order valence-corrected chi connectivity index (χ0v) is 8.18. The van der Waals surface area contributed by atoms with E-state index in [4.69, 9.17) is 0 Å². The number of carbonyl (C=O) groups is 1. The average molecular weight is 197 g/mol. The molecule has 0 unspecified atom stereocenters. The van der Waals surface area contributed by atoms with Gasteiger partial charge in [-0.2, -0.15) is 0 Å². The molecule has 0 fully saturated rings. The van der Waals surface area contributed by atoms with Crippen LogP contribution in [0.2, 0.25) is 0 Å². The fourth-order valence-electron chi connectivity index (χ4n) is 1.31. The molecule has 15 heavy (non-hydrogen) atoms. The Morgan fingerprint density at radius 3 is 2.53 bits per heavy atom. The summed E-state index contributed by atoms with van der Waals surface area (Å²) < 4.78 is 0. The minimum Gasteiger partial charge on any atom is -0.362 e. The van der Waals surface area contributed by atoms with Crippen molar-refractivity contribution in [1.29, 1.82) is 0 Å². The first kappa shape index (κ1) is 9.46. The van der Waals surface area contributed by atoms with Crippen LogP contribution in [0.4, 0.5) is 0 Å². The first-order valence-corrected chi connectivity index (χ1v) is 4.77. The van der Waals surface area contributed by atoms with Crippen molar-refractivity contribution >= 4 is 11.9 Å². The first-order chi connectivity index (χ1) is 7.36. The highest BCUT2D eigenvalue weighted by molar-refractivity contribution is 6.06. The van der Waals surface area contributed by atoms with Crippen LogP contribution in [0.5, 0.6) is 0 Å². The number of hydrogen-bond donors (Lipinski definition) is 1. The van der Waals surface area contributed by atoms with Gasteiger partial charge in [-0.3, -0.25) is 4.79 Å². The van der Waals surface area contributed by atoms with Gasteiger partial charge >= 0.3 is 0 Å². The normalized spacial score (nSPS) is 10.7. The van der Waals surface area contributed by atoms with Crippen LogP contribution in [0.1, 0.15) is 16.1 Å². The molecule has 0 saturated carbocycles. The van der Waals surface area contributed by atoms with Crippen LogP contribution in [0, 0.1) is 0 Å². The van der Waals surface area contributed by atoms with Crippen LogP contribution in [0.3, 0.4) is 0 Å². The topological polar surface area (TPSA) is 32.9 Å². The molecule has 0 spiro atoms. The maximum Gasteiger partial charge on any atom is 0.185 e. The summed E-state index contributed by atoms with van der Waals surface area (Å²) in [7, 11) is 0. The van der Waals surface area contributed by atoms with Crippen LogP contribution < -0.4 is 0 Å². The molecule has 2 nitrogen and oxygen atoms in total. The second-order valence-electron chi connectivity index (χ2n) is 3.19. The Morgan fingerprint density at radius 2 is 1.87 bits per heavy atom. The Hall–Kier alpha value is -2.09. The summed E-state index contributed by atoms with van der Waals surface area (Å²) >= 11 is 0. The van der Waals surface area contributed by atoms with Gasteiger partial charge in [-0.25, -0.2) is 0 Å². The van der Waals surface area contributed by atoms with Gasteiger partial charge in [0.1, 0.15) is 0 Å². The lowest BCUT2D eigenvalue weighted by Gasteiger charge is -1.93. The molecule has 1 aromatic heterocycles. The maximum absolute atomic E-state index is 11.6. The third kappa shape index (κ3) is 2.44. The second-order valence-corrected chi connectivity index (χ2v) is 3.19. The van der Waals surface area contributed by atoms with E-state index >= 15 is 0 Å². The molecule has 1 heterocycles. The number of allylic oxidation sites excluding steroid dienone is 1. The van der Waals surface area contributed by atoms with Crippen molar-refractivity contribution in [3.8, 4) is 0 Å². The minimum atomic E-state index is 0.0187. The van der Waals surface area contributed by atoms with Gasteiger partial charge < -0.3 is 4.98 Å². The van der Waals surface area contributed by atoms with Gasteiger partial charge in [0.2, 0.25) is 0 Å². The van der Waals surface area contributed by atoms with Crippen molar-refractivity contribution in [2.75, 3.05) is 0 Å². The first-order valence-electron chi connectivity index (χ1n) is 4.77. The largest absolute Gasteiger partial charge is 0.362 e. The number of rotatable bonds is 3. The summed E-state index contributed by atoms with van der Waals surface area (Å²) in [6.07, 6.45) is 5.17. The fraction of sp³-hybridized carbons (Fsp3) is 0. The zero-order chi connectivity index (χ0) is 10.5. The molecule has 0 aliphatic rings. The van der Waals surface area contributed by atoms with Crippen LogP contribution in [-0.4, -0.2) is 10.8 Å². The summed E-state index contributed by atoms with van der Waals surface area (Å²) in [6.45, 7) is 0. The average Bonchev–Trinajstić information content (AvgIpc) is 2.80. The summed E-state index contributed by atoms with van der Waals surface area (Å²) in [5.74, 6) is 0.0187. The van der Waals surface area contributed by atoms with E-state index in [9.17, 15) is 4.79 Å². The molecule has 2 aromatic rings. The maximum atomic E-state index is 11.6. The van der Waals surface area contributed by atoms with Crippen molar-refractivity contribution in [3.63, 3.8) is 0 Å². The highest BCUT2D eigenvalue weighted by Gasteiger charge is 1.98. The molecular formula is C13H11NO. The Kier molecular flexibility index (Phi) is 2.79. The van der Waals surface area contributed by atoms with Gasteiger partial charge in [0.15, 0.2) is 5.78 Å². The van der Waals surface area contributed by atoms with Crippen molar-refractivity contribution in [2.24, 2.45) is 0 Å². The van der Waals surface area contributed by atoms with Gasteiger partial charge in [0, 0.05) is 17.5 Å². The minimum absolute atomic E-state index is 0.0187. The van der Waals surface area contributed by atoms with E-state index in [0.717, 1.165) is 5.69 Å². The van der Waals surface area contributed by atoms with Gasteiger partial charge in [0.05, 0.1) is 0 Å². The molecule has 0 bridgehead atoms. The number of aromatic amines is 1. The van der Waals surface area contributed by atoms with Gasteiger partial charge in [-0.15, -0.1) is 0 Å². The standard InChI is InChI=1S/C13H11NO/c15-13(11-5-2-1-3-6-11)9-8-12-7-4-10-14-12/h1-10,14H/b9-8+. The highest BCUT2D eigenvalue weighted by Crippen LogP contribution is 2.03. The number of hydrogen-bond acceptors (Lipinski definition) is 1. The molecule has 0 saturated heterocycles. The number of H-pyrrole nitrogens is 1.